The van der Waals surface area contributed by atoms with Crippen LogP contribution in [0.4, 0.5) is 0 Å². The topological polar surface area (TPSA) is 48.4 Å². The van der Waals surface area contributed by atoms with Crippen LogP contribution < -0.4 is 0 Å². The molecule has 1 rings (SSSR count). The van der Waals surface area contributed by atoms with Crippen molar-refractivity contribution in [2.75, 3.05) is 13.4 Å². The van der Waals surface area contributed by atoms with E-state index in [0.29, 0.717) is 6.79 Å². The van der Waals surface area contributed by atoms with E-state index in [0.717, 1.165) is 60.9 Å². The summed E-state index contributed by atoms with van der Waals surface area (Å²) < 4.78 is 11.9. The van der Waals surface area contributed by atoms with Gasteiger partial charge in [-0.15, -0.1) is 11.3 Å². The van der Waals surface area contributed by atoms with Gasteiger partial charge in [0.1, 0.15) is 13.1 Å². The molecule has 0 saturated heterocycles. The Bertz CT molecular complexity index is 691. The Morgan fingerprint density at radius 1 is 1.30 bits per heavy atom. The van der Waals surface area contributed by atoms with Crippen molar-refractivity contribution >= 4 is 31.8 Å². The first-order chi connectivity index (χ1) is 14.1. The summed E-state index contributed by atoms with van der Waals surface area (Å²) in [6.45, 7) is 16.4. The van der Waals surface area contributed by atoms with E-state index < -0.39 is 8.07 Å². The molecular formula is C24H41NO3SSi. The van der Waals surface area contributed by atoms with Crippen LogP contribution in [0.15, 0.2) is 22.6 Å². The number of nitrogens with zero attached hydrogens (tertiary/aromatic N) is 1. The lowest BCUT2D eigenvalue weighted by atomic mass is 10.0. The van der Waals surface area contributed by atoms with Gasteiger partial charge in [-0.1, -0.05) is 38.2 Å². The summed E-state index contributed by atoms with van der Waals surface area (Å²) in [6, 6.07) is 1.15. The lowest BCUT2D eigenvalue weighted by Crippen LogP contribution is -2.23. The summed E-state index contributed by atoms with van der Waals surface area (Å²) in [4.78, 5) is 15.3. The minimum Gasteiger partial charge on any atom is -0.356 e. The Labute approximate surface area is 188 Å². The fourth-order valence-electron chi connectivity index (χ4n) is 2.91. The highest BCUT2D eigenvalue weighted by Crippen LogP contribution is 2.20. The largest absolute Gasteiger partial charge is 0.356 e. The molecule has 1 aromatic heterocycles. The molecule has 0 spiro atoms. The molecule has 170 valence electrons. The Balaban J connectivity index is 2.65. The number of carbonyl (C=O) groups excluding carboxylic acids is 1. The van der Waals surface area contributed by atoms with Gasteiger partial charge in [0, 0.05) is 26.0 Å². The monoisotopic (exact) mass is 451 g/mol. The van der Waals surface area contributed by atoms with Gasteiger partial charge in [-0.2, -0.15) is 0 Å². The van der Waals surface area contributed by atoms with Crippen molar-refractivity contribution in [2.45, 2.75) is 85.2 Å². The summed E-state index contributed by atoms with van der Waals surface area (Å²) in [6.07, 6.45) is 9.22. The van der Waals surface area contributed by atoms with Crippen molar-refractivity contribution in [1.29, 1.82) is 0 Å². The molecule has 0 saturated carbocycles. The molecule has 0 radical (unpaired) electrons. The van der Waals surface area contributed by atoms with Crippen molar-refractivity contribution in [3.63, 3.8) is 0 Å². The highest BCUT2D eigenvalue weighted by Gasteiger charge is 2.14. The van der Waals surface area contributed by atoms with Crippen molar-refractivity contribution in [2.24, 2.45) is 5.92 Å². The maximum atomic E-state index is 10.8. The van der Waals surface area contributed by atoms with Crippen molar-refractivity contribution in [3.8, 4) is 0 Å². The highest BCUT2D eigenvalue weighted by atomic mass is 32.1. The van der Waals surface area contributed by atoms with Gasteiger partial charge in [0.2, 0.25) is 0 Å². The van der Waals surface area contributed by atoms with Crippen molar-refractivity contribution in [1.82, 2.24) is 4.98 Å². The van der Waals surface area contributed by atoms with E-state index in [9.17, 15) is 4.79 Å². The molecule has 0 N–H and O–H groups in total. The summed E-state index contributed by atoms with van der Waals surface area (Å²) >= 11 is 1.66. The first-order valence-corrected chi connectivity index (χ1v) is 15.6. The fourth-order valence-corrected chi connectivity index (χ4v) is 4.23. The molecule has 0 aliphatic heterocycles. The molecule has 0 amide bonds. The van der Waals surface area contributed by atoms with Gasteiger partial charge in [0.05, 0.1) is 16.8 Å². The number of hydrogen-bond donors (Lipinski definition) is 0. The Kier molecular flexibility index (Phi) is 12.6. The molecule has 6 heteroatoms. The maximum Gasteiger partial charge on any atom is 0.147 e. The highest BCUT2D eigenvalue weighted by molar-refractivity contribution is 7.09. The van der Waals surface area contributed by atoms with Crippen LogP contribution in [0.1, 0.15) is 57.2 Å². The third kappa shape index (κ3) is 12.6. The SMILES string of the molecule is C/C(=C/C[C@H](OCOCC[Si](C)(C)C)/C(C)=C/c1csc(C)n1)CCCC(C)C=O. The number of rotatable bonds is 15. The zero-order valence-electron chi connectivity index (χ0n) is 20.0. The van der Waals surface area contributed by atoms with E-state index in [1.165, 1.54) is 5.57 Å². The summed E-state index contributed by atoms with van der Waals surface area (Å²) in [5.74, 6) is 0.147. The summed E-state index contributed by atoms with van der Waals surface area (Å²) in [5, 5.41) is 3.15. The molecule has 30 heavy (non-hydrogen) atoms. The standard InChI is InChI=1S/C24H41NO3SSi/c1-19(9-8-10-20(2)16-26)11-12-24(28-18-27-13-14-30(5,6)7)21(3)15-23-17-29-22(4)25-23/h11,15-17,20,24H,8-10,12-14,18H2,1-7H3/b19-11-,21-15+/t20?,24-/m0/s1. The lowest BCUT2D eigenvalue weighted by Gasteiger charge is -2.19. The molecule has 1 unspecified atom stereocenters. The van der Waals surface area contributed by atoms with E-state index in [-0.39, 0.29) is 12.0 Å². The summed E-state index contributed by atoms with van der Waals surface area (Å²) in [5.41, 5.74) is 3.50. The molecule has 1 aromatic rings. The Morgan fingerprint density at radius 2 is 2.03 bits per heavy atom. The van der Waals surface area contributed by atoms with Crippen molar-refractivity contribution < 1.29 is 14.3 Å². The third-order valence-electron chi connectivity index (χ3n) is 5.01. The minimum atomic E-state index is -1.09. The van der Waals surface area contributed by atoms with E-state index in [1.807, 2.05) is 13.8 Å². The van der Waals surface area contributed by atoms with Gasteiger partial charge < -0.3 is 14.3 Å². The predicted molar refractivity (Wildman–Crippen MR) is 132 cm³/mol. The molecule has 0 bridgehead atoms. The van der Waals surface area contributed by atoms with E-state index in [2.05, 4.69) is 56.0 Å². The zero-order chi connectivity index (χ0) is 22.6. The number of thiazole rings is 1. The molecule has 0 fully saturated rings. The van der Waals surface area contributed by atoms with Crippen LogP contribution in [-0.2, 0) is 14.3 Å². The van der Waals surface area contributed by atoms with Crippen LogP contribution in [-0.4, -0.2) is 38.8 Å². The average molecular weight is 452 g/mol. The minimum absolute atomic E-state index is 0.0252. The van der Waals surface area contributed by atoms with E-state index in [4.69, 9.17) is 9.47 Å². The molecular weight excluding hydrogens is 410 g/mol. The van der Waals surface area contributed by atoms with E-state index >= 15 is 0 Å². The molecule has 0 aliphatic rings. The van der Waals surface area contributed by atoms with Gasteiger partial charge >= 0.3 is 0 Å². The number of aldehydes is 1. The van der Waals surface area contributed by atoms with Crippen LogP contribution in [0.25, 0.3) is 6.08 Å². The van der Waals surface area contributed by atoms with Gasteiger partial charge in [-0.05, 0) is 64.1 Å². The normalized spacial score (nSPS) is 15.3. The Morgan fingerprint density at radius 3 is 2.63 bits per heavy atom. The quantitative estimate of drug-likeness (QED) is 0.0957. The number of hydrogen-bond acceptors (Lipinski definition) is 5. The van der Waals surface area contributed by atoms with E-state index in [1.54, 1.807) is 11.3 Å². The number of aryl methyl sites for hydroxylation is 1. The number of ether oxygens (including phenoxy) is 2. The average Bonchev–Trinajstić information content (AvgIpc) is 3.07. The summed E-state index contributed by atoms with van der Waals surface area (Å²) in [7, 11) is -1.09. The second-order valence-electron chi connectivity index (χ2n) is 9.46. The van der Waals surface area contributed by atoms with Gasteiger partial charge in [-0.3, -0.25) is 0 Å². The van der Waals surface area contributed by atoms with Crippen LogP contribution >= 0.6 is 11.3 Å². The number of carbonyl (C=O) groups is 1. The van der Waals surface area contributed by atoms with Gasteiger partial charge in [-0.25, -0.2) is 4.98 Å². The molecule has 1 heterocycles. The molecule has 2 atom stereocenters. The molecule has 4 nitrogen and oxygen atoms in total. The first kappa shape index (κ1) is 27.0. The lowest BCUT2D eigenvalue weighted by molar-refractivity contribution is -0.110. The molecule has 0 aromatic carbocycles. The molecule has 0 aliphatic carbocycles. The predicted octanol–water partition coefficient (Wildman–Crippen LogP) is 6.89. The van der Waals surface area contributed by atoms with Crippen LogP contribution in [0, 0.1) is 12.8 Å². The smallest absolute Gasteiger partial charge is 0.147 e. The fraction of sp³-hybridized carbons (Fsp3) is 0.667. The maximum absolute atomic E-state index is 10.8. The zero-order valence-corrected chi connectivity index (χ0v) is 21.8. The van der Waals surface area contributed by atoms with Crippen LogP contribution in [0.3, 0.4) is 0 Å². The second kappa shape index (κ2) is 14.1. The number of aromatic nitrogens is 1. The second-order valence-corrected chi connectivity index (χ2v) is 16.1. The van der Waals surface area contributed by atoms with Crippen molar-refractivity contribution in [3.05, 3.63) is 33.3 Å². The van der Waals surface area contributed by atoms with Gasteiger partial charge in [0.25, 0.3) is 0 Å². The van der Waals surface area contributed by atoms with Crippen LogP contribution in [0.2, 0.25) is 25.7 Å². The first-order valence-electron chi connectivity index (χ1n) is 11.0. The third-order valence-corrected chi connectivity index (χ3v) is 7.51. The van der Waals surface area contributed by atoms with Gasteiger partial charge in [0.15, 0.2) is 0 Å². The van der Waals surface area contributed by atoms with Crippen LogP contribution in [0.5, 0.6) is 0 Å². The Hall–Kier alpha value is -1.08. The number of allylic oxidation sites excluding steroid dienone is 1.